The first-order chi connectivity index (χ1) is 13.5. The summed E-state index contributed by atoms with van der Waals surface area (Å²) in [5.74, 6) is 1.01. The zero-order valence-corrected chi connectivity index (χ0v) is 16.6. The lowest BCUT2D eigenvalue weighted by molar-refractivity contribution is 0.0172. The predicted molar refractivity (Wildman–Crippen MR) is 104 cm³/mol. The molecule has 0 radical (unpaired) electrons. The van der Waals surface area contributed by atoms with E-state index >= 15 is 0 Å². The number of ether oxygens (including phenoxy) is 3. The van der Waals surface area contributed by atoms with Gasteiger partial charge in [0.25, 0.3) is 0 Å². The minimum absolute atomic E-state index is 0.0618. The molecule has 0 spiro atoms. The molecule has 1 atom stereocenters. The van der Waals surface area contributed by atoms with Crippen LogP contribution in [0.4, 0.5) is 0 Å². The second-order valence-corrected chi connectivity index (χ2v) is 8.71. The highest BCUT2D eigenvalue weighted by Crippen LogP contribution is 2.34. The van der Waals surface area contributed by atoms with Crippen molar-refractivity contribution in [3.8, 4) is 11.5 Å². The van der Waals surface area contributed by atoms with Crippen molar-refractivity contribution in [2.24, 2.45) is 0 Å². The fourth-order valence-electron chi connectivity index (χ4n) is 3.45. The number of morpholine rings is 1. The molecule has 2 aliphatic rings. The predicted octanol–water partition coefficient (Wildman–Crippen LogP) is 2.08. The van der Waals surface area contributed by atoms with Crippen molar-refractivity contribution in [3.05, 3.63) is 53.6 Å². The summed E-state index contributed by atoms with van der Waals surface area (Å²) in [5, 5.41) is 0. The standard InChI is InChI=1S/C20H24N2O5S/c1-15-2-4-16(5-3-15)18(22-8-10-25-11-9-22)13-21-28(23,24)17-6-7-19-20(12-17)27-14-26-19/h2-7,12,18,21H,8-11,13-14H2,1H3/t18-/m0/s1. The van der Waals surface area contributed by atoms with E-state index in [0.717, 1.165) is 18.7 Å². The molecule has 0 aromatic heterocycles. The second-order valence-electron chi connectivity index (χ2n) is 6.94. The number of fused-ring (bicyclic) bond motifs is 1. The van der Waals surface area contributed by atoms with Gasteiger partial charge in [-0.15, -0.1) is 0 Å². The van der Waals surface area contributed by atoms with Gasteiger partial charge in [-0.2, -0.15) is 0 Å². The number of aryl methyl sites for hydroxylation is 1. The van der Waals surface area contributed by atoms with Gasteiger partial charge in [0.05, 0.1) is 18.1 Å². The van der Waals surface area contributed by atoms with E-state index in [1.807, 2.05) is 6.92 Å². The third-order valence-electron chi connectivity index (χ3n) is 5.07. The number of benzene rings is 2. The molecule has 4 rings (SSSR count). The lowest BCUT2D eigenvalue weighted by atomic mass is 10.0. The van der Waals surface area contributed by atoms with E-state index in [1.54, 1.807) is 6.07 Å². The Morgan fingerprint density at radius 2 is 1.75 bits per heavy atom. The molecule has 150 valence electrons. The molecular weight excluding hydrogens is 380 g/mol. The summed E-state index contributed by atoms with van der Waals surface area (Å²) in [7, 11) is -3.68. The fraction of sp³-hybridized carbons (Fsp3) is 0.400. The molecule has 0 amide bonds. The van der Waals surface area contributed by atoms with E-state index in [4.69, 9.17) is 14.2 Å². The van der Waals surface area contributed by atoms with E-state index in [1.165, 1.54) is 17.7 Å². The summed E-state index contributed by atoms with van der Waals surface area (Å²) < 4.78 is 44.5. The minimum Gasteiger partial charge on any atom is -0.454 e. The van der Waals surface area contributed by atoms with Crippen LogP contribution in [0.5, 0.6) is 11.5 Å². The quantitative estimate of drug-likeness (QED) is 0.794. The van der Waals surface area contributed by atoms with Crippen LogP contribution in [0.3, 0.4) is 0 Å². The first-order valence-electron chi connectivity index (χ1n) is 9.31. The van der Waals surface area contributed by atoms with Gasteiger partial charge in [-0.1, -0.05) is 29.8 Å². The lowest BCUT2D eigenvalue weighted by Gasteiger charge is -2.35. The molecule has 8 heteroatoms. The summed E-state index contributed by atoms with van der Waals surface area (Å²) >= 11 is 0. The van der Waals surface area contributed by atoms with Crippen molar-refractivity contribution in [2.45, 2.75) is 17.9 Å². The molecule has 7 nitrogen and oxygen atoms in total. The van der Waals surface area contributed by atoms with Gasteiger partial charge < -0.3 is 14.2 Å². The van der Waals surface area contributed by atoms with Gasteiger partial charge >= 0.3 is 0 Å². The Hall–Kier alpha value is -2.13. The van der Waals surface area contributed by atoms with E-state index in [2.05, 4.69) is 33.9 Å². The van der Waals surface area contributed by atoms with Crippen LogP contribution in [-0.2, 0) is 14.8 Å². The highest BCUT2D eigenvalue weighted by molar-refractivity contribution is 7.89. The van der Waals surface area contributed by atoms with Crippen LogP contribution in [-0.4, -0.2) is 53.0 Å². The van der Waals surface area contributed by atoms with Crippen LogP contribution in [0, 0.1) is 6.92 Å². The first-order valence-corrected chi connectivity index (χ1v) is 10.8. The Labute approximate surface area is 165 Å². The molecular formula is C20H24N2O5S. The number of nitrogens with zero attached hydrogens (tertiary/aromatic N) is 1. The summed E-state index contributed by atoms with van der Waals surface area (Å²) in [6.07, 6.45) is 0. The Morgan fingerprint density at radius 1 is 1.04 bits per heavy atom. The Bertz CT molecular complexity index is 924. The van der Waals surface area contributed by atoms with Crippen LogP contribution in [0.15, 0.2) is 47.4 Å². The van der Waals surface area contributed by atoms with Gasteiger partial charge in [0.1, 0.15) is 0 Å². The third kappa shape index (κ3) is 4.15. The van der Waals surface area contributed by atoms with E-state index in [-0.39, 0.29) is 24.3 Å². The van der Waals surface area contributed by atoms with Crippen LogP contribution in [0.25, 0.3) is 0 Å². The average molecular weight is 404 g/mol. The summed E-state index contributed by atoms with van der Waals surface area (Å²) in [6, 6.07) is 12.8. The molecule has 0 aliphatic carbocycles. The zero-order chi connectivity index (χ0) is 19.6. The van der Waals surface area contributed by atoms with Crippen molar-refractivity contribution in [1.29, 1.82) is 0 Å². The topological polar surface area (TPSA) is 77.1 Å². The molecule has 2 aromatic rings. The van der Waals surface area contributed by atoms with Crippen molar-refractivity contribution < 1.29 is 22.6 Å². The number of nitrogens with one attached hydrogen (secondary N) is 1. The van der Waals surface area contributed by atoms with Gasteiger partial charge in [0, 0.05) is 31.7 Å². The smallest absolute Gasteiger partial charge is 0.240 e. The van der Waals surface area contributed by atoms with Crippen molar-refractivity contribution in [2.75, 3.05) is 39.6 Å². The number of sulfonamides is 1. The Balaban J connectivity index is 1.53. The van der Waals surface area contributed by atoms with Gasteiger partial charge in [-0.3, -0.25) is 4.90 Å². The summed E-state index contributed by atoms with van der Waals surface area (Å²) in [5.41, 5.74) is 2.26. The molecule has 28 heavy (non-hydrogen) atoms. The largest absolute Gasteiger partial charge is 0.454 e. The minimum atomic E-state index is -3.68. The Morgan fingerprint density at radius 3 is 2.50 bits per heavy atom. The van der Waals surface area contributed by atoms with Crippen molar-refractivity contribution >= 4 is 10.0 Å². The molecule has 1 fully saturated rings. The highest BCUT2D eigenvalue weighted by Gasteiger charge is 2.26. The van der Waals surface area contributed by atoms with Gasteiger partial charge in [0.2, 0.25) is 16.8 Å². The molecule has 1 N–H and O–H groups in total. The maximum Gasteiger partial charge on any atom is 0.240 e. The SMILES string of the molecule is Cc1ccc([C@H](CNS(=O)(=O)c2ccc3c(c2)OCO3)N2CCOCC2)cc1. The van der Waals surface area contributed by atoms with Crippen LogP contribution < -0.4 is 14.2 Å². The third-order valence-corrected chi connectivity index (χ3v) is 6.49. The van der Waals surface area contributed by atoms with Crippen LogP contribution in [0.1, 0.15) is 17.2 Å². The second kappa shape index (κ2) is 8.08. The highest BCUT2D eigenvalue weighted by atomic mass is 32.2. The van der Waals surface area contributed by atoms with E-state index < -0.39 is 10.0 Å². The van der Waals surface area contributed by atoms with Crippen molar-refractivity contribution in [1.82, 2.24) is 9.62 Å². The Kier molecular flexibility index (Phi) is 5.54. The molecule has 2 aromatic carbocycles. The molecule has 0 bridgehead atoms. The van der Waals surface area contributed by atoms with Gasteiger partial charge in [0.15, 0.2) is 11.5 Å². The van der Waals surface area contributed by atoms with Gasteiger partial charge in [-0.25, -0.2) is 13.1 Å². The molecule has 0 unspecified atom stereocenters. The molecule has 1 saturated heterocycles. The lowest BCUT2D eigenvalue weighted by Crippen LogP contribution is -2.43. The number of hydrogen-bond acceptors (Lipinski definition) is 6. The number of hydrogen-bond donors (Lipinski definition) is 1. The van der Waals surface area contributed by atoms with Crippen LogP contribution >= 0.6 is 0 Å². The molecule has 0 saturated carbocycles. The molecule has 2 aliphatic heterocycles. The average Bonchev–Trinajstić information content (AvgIpc) is 3.18. The zero-order valence-electron chi connectivity index (χ0n) is 15.8. The molecule has 2 heterocycles. The maximum absolute atomic E-state index is 12.9. The monoisotopic (exact) mass is 404 g/mol. The summed E-state index contributed by atoms with van der Waals surface area (Å²) in [6.45, 7) is 5.26. The first kappa shape index (κ1) is 19.2. The maximum atomic E-state index is 12.9. The van der Waals surface area contributed by atoms with Crippen LogP contribution in [0.2, 0.25) is 0 Å². The fourth-order valence-corrected chi connectivity index (χ4v) is 4.50. The summed E-state index contributed by atoms with van der Waals surface area (Å²) in [4.78, 5) is 2.43. The van der Waals surface area contributed by atoms with Gasteiger partial charge in [-0.05, 0) is 24.6 Å². The van der Waals surface area contributed by atoms with E-state index in [0.29, 0.717) is 24.7 Å². The number of rotatable bonds is 6. The van der Waals surface area contributed by atoms with E-state index in [9.17, 15) is 8.42 Å². The van der Waals surface area contributed by atoms with Crippen molar-refractivity contribution in [3.63, 3.8) is 0 Å². The normalized spacial score (nSPS) is 18.2.